The zero-order valence-corrected chi connectivity index (χ0v) is 11.5. The van der Waals surface area contributed by atoms with E-state index >= 15 is 0 Å². The second kappa shape index (κ2) is 7.13. The summed E-state index contributed by atoms with van der Waals surface area (Å²) in [5, 5.41) is 3.08. The lowest BCUT2D eigenvalue weighted by Gasteiger charge is -2.12. The second-order valence-corrected chi connectivity index (χ2v) is 4.26. The number of rotatable bonds is 4. The lowest BCUT2D eigenvalue weighted by Crippen LogP contribution is -2.36. The summed E-state index contributed by atoms with van der Waals surface area (Å²) in [6.07, 6.45) is 0.961. The Morgan fingerprint density at radius 3 is 2.88 bits per heavy atom. The molecule has 0 saturated carbocycles. The van der Waals surface area contributed by atoms with Gasteiger partial charge >= 0.3 is 0 Å². The van der Waals surface area contributed by atoms with Gasteiger partial charge in [-0.15, -0.1) is 0 Å². The molecule has 5 nitrogen and oxygen atoms in total. The highest BCUT2D eigenvalue weighted by atomic mass is 79.9. The van der Waals surface area contributed by atoms with Gasteiger partial charge in [-0.05, 0) is 24.6 Å². The Hall–Kier alpha value is -1.27. The molecule has 1 aromatic carbocycles. The van der Waals surface area contributed by atoms with Crippen LogP contribution < -0.4 is 21.3 Å². The molecule has 0 spiro atoms. The molecule has 0 aliphatic rings. The minimum absolute atomic E-state index is 0.517. The van der Waals surface area contributed by atoms with Crippen molar-refractivity contribution in [2.45, 2.75) is 13.3 Å². The number of hydrogen-bond donors (Lipinski definition) is 3. The normalized spacial score (nSPS) is 11.2. The van der Waals surface area contributed by atoms with Crippen LogP contribution in [0.15, 0.2) is 27.7 Å². The molecule has 1 aromatic rings. The van der Waals surface area contributed by atoms with E-state index in [4.69, 9.17) is 10.6 Å². The first kappa shape index (κ1) is 13.8. The van der Waals surface area contributed by atoms with Crippen molar-refractivity contribution in [2.75, 3.05) is 19.0 Å². The van der Waals surface area contributed by atoms with E-state index in [0.29, 0.717) is 12.5 Å². The van der Waals surface area contributed by atoms with Crippen molar-refractivity contribution < 1.29 is 4.74 Å². The number of ether oxygens (including phenoxy) is 1. The summed E-state index contributed by atoms with van der Waals surface area (Å²) in [6.45, 7) is 2.76. The Bertz CT molecular complexity index is 395. The SMILES string of the molecule is CCCN=C(NN)Nc1cc(Br)ccc1OC. The number of aliphatic imine (C=N–C) groups is 1. The van der Waals surface area contributed by atoms with Gasteiger partial charge in [0.15, 0.2) is 0 Å². The topological polar surface area (TPSA) is 71.7 Å². The van der Waals surface area contributed by atoms with Crippen LogP contribution in [0.5, 0.6) is 5.75 Å². The van der Waals surface area contributed by atoms with Crippen LogP contribution in [0.2, 0.25) is 0 Å². The first-order valence-electron chi connectivity index (χ1n) is 5.33. The van der Waals surface area contributed by atoms with Gasteiger partial charge in [-0.25, -0.2) is 5.84 Å². The van der Waals surface area contributed by atoms with Crippen molar-refractivity contribution >= 4 is 27.6 Å². The number of nitrogens with two attached hydrogens (primary N) is 1. The Morgan fingerprint density at radius 2 is 2.29 bits per heavy atom. The molecule has 0 aliphatic heterocycles. The standard InChI is InChI=1S/C11H17BrN4O/c1-3-6-14-11(16-13)15-9-7-8(12)4-5-10(9)17-2/h4-5,7H,3,6,13H2,1-2H3,(H2,14,15,16). The molecule has 0 radical (unpaired) electrons. The summed E-state index contributed by atoms with van der Waals surface area (Å²) in [5.74, 6) is 6.64. The largest absolute Gasteiger partial charge is 0.495 e. The van der Waals surface area contributed by atoms with Gasteiger partial charge in [-0.3, -0.25) is 10.4 Å². The van der Waals surface area contributed by atoms with E-state index in [9.17, 15) is 0 Å². The number of nitrogens with one attached hydrogen (secondary N) is 2. The first-order valence-corrected chi connectivity index (χ1v) is 6.12. The monoisotopic (exact) mass is 300 g/mol. The van der Waals surface area contributed by atoms with Gasteiger partial charge in [0.05, 0.1) is 12.8 Å². The van der Waals surface area contributed by atoms with Crippen LogP contribution in [0.3, 0.4) is 0 Å². The van der Waals surface area contributed by atoms with E-state index in [-0.39, 0.29) is 0 Å². The Kier molecular flexibility index (Phi) is 5.79. The van der Waals surface area contributed by atoms with Crippen LogP contribution in [0.4, 0.5) is 5.69 Å². The molecule has 1 rings (SSSR count). The molecule has 0 aromatic heterocycles. The fourth-order valence-electron chi connectivity index (χ4n) is 1.25. The van der Waals surface area contributed by atoms with Crippen molar-refractivity contribution in [3.63, 3.8) is 0 Å². The number of hydrogen-bond acceptors (Lipinski definition) is 3. The summed E-state index contributed by atoms with van der Waals surface area (Å²) >= 11 is 3.40. The smallest absolute Gasteiger partial charge is 0.210 e. The number of hydrazine groups is 1. The van der Waals surface area contributed by atoms with Gasteiger partial charge in [0, 0.05) is 11.0 Å². The number of benzene rings is 1. The molecule has 4 N–H and O–H groups in total. The Morgan fingerprint density at radius 1 is 1.53 bits per heavy atom. The van der Waals surface area contributed by atoms with Gasteiger partial charge in [-0.2, -0.15) is 0 Å². The van der Waals surface area contributed by atoms with Gasteiger partial charge < -0.3 is 10.1 Å². The highest BCUT2D eigenvalue weighted by Gasteiger charge is 2.05. The number of halogens is 1. The highest BCUT2D eigenvalue weighted by Crippen LogP contribution is 2.27. The van der Waals surface area contributed by atoms with E-state index in [1.54, 1.807) is 7.11 Å². The van der Waals surface area contributed by atoms with E-state index in [2.05, 4.69) is 38.6 Å². The summed E-state index contributed by atoms with van der Waals surface area (Å²) in [4.78, 5) is 4.26. The number of methoxy groups -OCH3 is 1. The average Bonchev–Trinajstić information content (AvgIpc) is 2.34. The third-order valence-electron chi connectivity index (χ3n) is 2.04. The minimum atomic E-state index is 0.517. The first-order chi connectivity index (χ1) is 8.21. The minimum Gasteiger partial charge on any atom is -0.495 e. The molecule has 0 atom stereocenters. The zero-order chi connectivity index (χ0) is 12.7. The van der Waals surface area contributed by atoms with E-state index < -0.39 is 0 Å². The van der Waals surface area contributed by atoms with Crippen molar-refractivity contribution in [2.24, 2.45) is 10.8 Å². The molecule has 0 heterocycles. The predicted molar refractivity (Wildman–Crippen MR) is 74.2 cm³/mol. The Labute approximate surface area is 110 Å². The molecule has 17 heavy (non-hydrogen) atoms. The highest BCUT2D eigenvalue weighted by molar-refractivity contribution is 9.10. The molecule has 6 heteroatoms. The molecular weight excluding hydrogens is 284 g/mol. The molecule has 0 unspecified atom stereocenters. The molecule has 0 amide bonds. The van der Waals surface area contributed by atoms with E-state index in [1.807, 2.05) is 18.2 Å². The molecule has 0 bridgehead atoms. The second-order valence-electron chi connectivity index (χ2n) is 3.34. The van der Waals surface area contributed by atoms with Crippen LogP contribution >= 0.6 is 15.9 Å². The van der Waals surface area contributed by atoms with Crippen LogP contribution in [-0.4, -0.2) is 19.6 Å². The maximum atomic E-state index is 5.40. The van der Waals surface area contributed by atoms with Crippen molar-refractivity contribution in [3.8, 4) is 5.75 Å². The predicted octanol–water partition coefficient (Wildman–Crippen LogP) is 2.10. The van der Waals surface area contributed by atoms with E-state index in [0.717, 1.165) is 22.3 Å². The maximum Gasteiger partial charge on any atom is 0.210 e. The zero-order valence-electron chi connectivity index (χ0n) is 9.96. The maximum absolute atomic E-state index is 5.40. The van der Waals surface area contributed by atoms with Crippen LogP contribution in [0, 0.1) is 0 Å². The van der Waals surface area contributed by atoms with Gasteiger partial charge in [0.2, 0.25) is 5.96 Å². The molecule has 0 aliphatic carbocycles. The molecule has 0 fully saturated rings. The van der Waals surface area contributed by atoms with Gasteiger partial charge in [-0.1, -0.05) is 22.9 Å². The number of nitrogens with zero attached hydrogens (tertiary/aromatic N) is 1. The number of guanidine groups is 1. The quantitative estimate of drug-likeness (QED) is 0.345. The lowest BCUT2D eigenvalue weighted by atomic mass is 10.3. The lowest BCUT2D eigenvalue weighted by molar-refractivity contribution is 0.417. The summed E-state index contributed by atoms with van der Waals surface area (Å²) < 4.78 is 6.19. The fourth-order valence-corrected chi connectivity index (χ4v) is 1.61. The summed E-state index contributed by atoms with van der Waals surface area (Å²) in [7, 11) is 1.62. The van der Waals surface area contributed by atoms with Crippen molar-refractivity contribution in [1.82, 2.24) is 5.43 Å². The molecule has 0 saturated heterocycles. The third-order valence-corrected chi connectivity index (χ3v) is 2.54. The Balaban J connectivity index is 2.88. The fraction of sp³-hybridized carbons (Fsp3) is 0.364. The van der Waals surface area contributed by atoms with Crippen LogP contribution in [-0.2, 0) is 0 Å². The van der Waals surface area contributed by atoms with Crippen LogP contribution in [0.25, 0.3) is 0 Å². The average molecular weight is 301 g/mol. The summed E-state index contributed by atoms with van der Waals surface area (Å²) in [5.41, 5.74) is 3.32. The van der Waals surface area contributed by atoms with Crippen molar-refractivity contribution in [1.29, 1.82) is 0 Å². The van der Waals surface area contributed by atoms with Crippen molar-refractivity contribution in [3.05, 3.63) is 22.7 Å². The number of anilines is 1. The molecule has 94 valence electrons. The van der Waals surface area contributed by atoms with Gasteiger partial charge in [0.1, 0.15) is 5.75 Å². The van der Waals surface area contributed by atoms with Crippen LogP contribution in [0.1, 0.15) is 13.3 Å². The van der Waals surface area contributed by atoms with Gasteiger partial charge in [0.25, 0.3) is 0 Å². The molecular formula is C11H17BrN4O. The third kappa shape index (κ3) is 4.24. The summed E-state index contributed by atoms with van der Waals surface area (Å²) in [6, 6.07) is 5.67. The van der Waals surface area contributed by atoms with E-state index in [1.165, 1.54) is 0 Å².